The molecule has 1 aliphatic carbocycles. The third kappa shape index (κ3) is 2.48. The van der Waals surface area contributed by atoms with Gasteiger partial charge in [-0.15, -0.1) is 0 Å². The lowest BCUT2D eigenvalue weighted by molar-refractivity contribution is 0.0606. The Morgan fingerprint density at radius 3 is 2.89 bits per heavy atom. The van der Waals surface area contributed by atoms with Crippen molar-refractivity contribution in [3.05, 3.63) is 11.1 Å². The van der Waals surface area contributed by atoms with Crippen LogP contribution in [0.4, 0.5) is 5.13 Å². The summed E-state index contributed by atoms with van der Waals surface area (Å²) in [5.74, 6) is 0.549. The second-order valence-corrected chi connectivity index (χ2v) is 6.46. The van der Waals surface area contributed by atoms with Crippen LogP contribution in [0.1, 0.15) is 48.2 Å². The third-order valence-corrected chi connectivity index (χ3v) is 5.38. The van der Waals surface area contributed by atoms with Crippen molar-refractivity contribution in [1.82, 2.24) is 4.98 Å². The maximum atomic E-state index is 11.5. The molecule has 19 heavy (non-hydrogen) atoms. The number of rotatable bonds is 3. The second kappa shape index (κ2) is 5.49. The first-order valence-corrected chi connectivity index (χ1v) is 7.92. The molecule has 1 saturated carbocycles. The van der Waals surface area contributed by atoms with Crippen molar-refractivity contribution in [1.29, 1.82) is 0 Å². The molecule has 1 saturated heterocycles. The lowest BCUT2D eigenvalue weighted by Crippen LogP contribution is -2.34. The van der Waals surface area contributed by atoms with Gasteiger partial charge in [0.25, 0.3) is 0 Å². The zero-order chi connectivity index (χ0) is 13.2. The molecule has 1 aromatic heterocycles. The van der Waals surface area contributed by atoms with Crippen LogP contribution in [0.2, 0.25) is 0 Å². The Balaban J connectivity index is 1.76. The molecular weight excluding hydrogens is 260 g/mol. The molecule has 0 spiro atoms. The standard InChI is InChI=1S/C14H20N2O2S/c1-18-13(17)12-9-15-14(19-12)16-8-4-7-11(16)10-5-2-3-6-10/h9-11H,2-8H2,1H3. The Labute approximate surface area is 117 Å². The van der Waals surface area contributed by atoms with Crippen molar-refractivity contribution in [3.63, 3.8) is 0 Å². The van der Waals surface area contributed by atoms with Gasteiger partial charge < -0.3 is 9.64 Å². The smallest absolute Gasteiger partial charge is 0.349 e. The van der Waals surface area contributed by atoms with E-state index < -0.39 is 0 Å². The molecule has 0 N–H and O–H groups in total. The summed E-state index contributed by atoms with van der Waals surface area (Å²) < 4.78 is 4.75. The summed E-state index contributed by atoms with van der Waals surface area (Å²) in [6, 6.07) is 0.638. The Hall–Kier alpha value is -1.10. The van der Waals surface area contributed by atoms with E-state index in [-0.39, 0.29) is 5.97 Å². The van der Waals surface area contributed by atoms with Gasteiger partial charge in [-0.05, 0) is 31.6 Å². The average Bonchev–Trinajstić information content (AvgIpc) is 3.14. The van der Waals surface area contributed by atoms with E-state index in [9.17, 15) is 4.79 Å². The largest absolute Gasteiger partial charge is 0.465 e. The van der Waals surface area contributed by atoms with Gasteiger partial charge in [-0.1, -0.05) is 24.2 Å². The minimum Gasteiger partial charge on any atom is -0.465 e. The van der Waals surface area contributed by atoms with Crippen LogP contribution in [0.15, 0.2) is 6.20 Å². The molecule has 0 radical (unpaired) electrons. The van der Waals surface area contributed by atoms with E-state index in [2.05, 4.69) is 9.88 Å². The highest BCUT2D eigenvalue weighted by atomic mass is 32.1. The van der Waals surface area contributed by atoms with E-state index in [4.69, 9.17) is 4.74 Å². The number of esters is 1. The predicted octanol–water partition coefficient (Wildman–Crippen LogP) is 3.09. The van der Waals surface area contributed by atoms with Gasteiger partial charge in [0.2, 0.25) is 0 Å². The summed E-state index contributed by atoms with van der Waals surface area (Å²) in [5.41, 5.74) is 0. The van der Waals surface area contributed by atoms with Gasteiger partial charge in [-0.2, -0.15) is 0 Å². The number of ether oxygens (including phenoxy) is 1. The van der Waals surface area contributed by atoms with Crippen molar-refractivity contribution in [2.75, 3.05) is 18.6 Å². The maximum Gasteiger partial charge on any atom is 0.349 e. The third-order valence-electron chi connectivity index (χ3n) is 4.37. The number of hydrogen-bond donors (Lipinski definition) is 0. The van der Waals surface area contributed by atoms with Crippen molar-refractivity contribution in [3.8, 4) is 0 Å². The van der Waals surface area contributed by atoms with Crippen molar-refractivity contribution >= 4 is 22.4 Å². The molecule has 1 unspecified atom stereocenters. The highest BCUT2D eigenvalue weighted by Gasteiger charge is 2.34. The highest BCUT2D eigenvalue weighted by Crippen LogP contribution is 2.38. The minimum atomic E-state index is -0.277. The van der Waals surface area contributed by atoms with Crippen LogP contribution < -0.4 is 4.90 Å². The van der Waals surface area contributed by atoms with Crippen LogP contribution in [0.5, 0.6) is 0 Å². The fourth-order valence-electron chi connectivity index (χ4n) is 3.45. The van der Waals surface area contributed by atoms with Crippen LogP contribution in [0.3, 0.4) is 0 Å². The van der Waals surface area contributed by atoms with Crippen LogP contribution in [0, 0.1) is 5.92 Å². The Bertz CT molecular complexity index is 454. The van der Waals surface area contributed by atoms with Gasteiger partial charge in [-0.3, -0.25) is 0 Å². The number of thiazole rings is 1. The molecule has 2 aliphatic rings. The molecule has 0 amide bonds. The molecule has 0 aromatic carbocycles. The minimum absolute atomic E-state index is 0.277. The summed E-state index contributed by atoms with van der Waals surface area (Å²) in [7, 11) is 1.42. The van der Waals surface area contributed by atoms with Gasteiger partial charge in [-0.25, -0.2) is 9.78 Å². The monoisotopic (exact) mass is 280 g/mol. The normalized spacial score (nSPS) is 24.1. The number of methoxy groups -OCH3 is 1. The summed E-state index contributed by atoms with van der Waals surface area (Å²) in [6.07, 6.45) is 9.63. The molecule has 3 rings (SSSR count). The number of hydrogen-bond acceptors (Lipinski definition) is 5. The highest BCUT2D eigenvalue weighted by molar-refractivity contribution is 7.17. The van der Waals surface area contributed by atoms with E-state index >= 15 is 0 Å². The SMILES string of the molecule is COC(=O)c1cnc(N2CCCC2C2CCCC2)s1. The number of carbonyl (C=O) groups excluding carboxylic acids is 1. The molecule has 1 aromatic rings. The molecular formula is C14H20N2O2S. The number of carbonyl (C=O) groups is 1. The second-order valence-electron chi connectivity index (χ2n) is 5.45. The van der Waals surface area contributed by atoms with Crippen molar-refractivity contribution in [2.45, 2.75) is 44.6 Å². The van der Waals surface area contributed by atoms with Gasteiger partial charge in [0.1, 0.15) is 4.88 Å². The molecule has 0 bridgehead atoms. The van der Waals surface area contributed by atoms with E-state index in [1.807, 2.05) is 0 Å². The van der Waals surface area contributed by atoms with Crippen molar-refractivity contribution < 1.29 is 9.53 Å². The van der Waals surface area contributed by atoms with E-state index in [1.165, 1.54) is 57.0 Å². The quantitative estimate of drug-likeness (QED) is 0.798. The average molecular weight is 280 g/mol. The van der Waals surface area contributed by atoms with Crippen LogP contribution in [-0.4, -0.2) is 30.6 Å². The lowest BCUT2D eigenvalue weighted by Gasteiger charge is -2.28. The first-order valence-electron chi connectivity index (χ1n) is 7.10. The zero-order valence-corrected chi connectivity index (χ0v) is 12.1. The van der Waals surface area contributed by atoms with Gasteiger partial charge >= 0.3 is 5.97 Å². The fraction of sp³-hybridized carbons (Fsp3) is 0.714. The van der Waals surface area contributed by atoms with E-state index in [0.29, 0.717) is 10.9 Å². The maximum absolute atomic E-state index is 11.5. The first-order chi connectivity index (χ1) is 9.29. The fourth-order valence-corrected chi connectivity index (χ4v) is 4.37. The van der Waals surface area contributed by atoms with Crippen molar-refractivity contribution in [2.24, 2.45) is 5.92 Å². The number of aromatic nitrogens is 1. The molecule has 2 heterocycles. The molecule has 5 heteroatoms. The summed E-state index contributed by atoms with van der Waals surface area (Å²) in [6.45, 7) is 1.08. The number of nitrogens with zero attached hydrogens (tertiary/aromatic N) is 2. The predicted molar refractivity (Wildman–Crippen MR) is 75.8 cm³/mol. The van der Waals surface area contributed by atoms with E-state index in [1.54, 1.807) is 6.20 Å². The Kier molecular flexibility index (Phi) is 3.73. The summed E-state index contributed by atoms with van der Waals surface area (Å²) in [4.78, 5) is 19.0. The Morgan fingerprint density at radius 2 is 2.16 bits per heavy atom. The molecule has 1 aliphatic heterocycles. The molecule has 2 fully saturated rings. The lowest BCUT2D eigenvalue weighted by atomic mass is 9.96. The van der Waals surface area contributed by atoms with Crippen LogP contribution in [0.25, 0.3) is 0 Å². The topological polar surface area (TPSA) is 42.4 Å². The summed E-state index contributed by atoms with van der Waals surface area (Å²) in [5, 5.41) is 0.995. The zero-order valence-electron chi connectivity index (χ0n) is 11.3. The molecule has 104 valence electrons. The van der Waals surface area contributed by atoms with E-state index in [0.717, 1.165) is 17.6 Å². The Morgan fingerprint density at radius 1 is 1.37 bits per heavy atom. The number of anilines is 1. The molecule has 4 nitrogen and oxygen atoms in total. The van der Waals surface area contributed by atoms with Gasteiger partial charge in [0.15, 0.2) is 5.13 Å². The first kappa shape index (κ1) is 12.9. The molecule has 1 atom stereocenters. The van der Waals surface area contributed by atoms with Crippen LogP contribution >= 0.6 is 11.3 Å². The summed E-state index contributed by atoms with van der Waals surface area (Å²) >= 11 is 1.47. The van der Waals surface area contributed by atoms with Gasteiger partial charge in [0.05, 0.1) is 13.3 Å². The van der Waals surface area contributed by atoms with Gasteiger partial charge in [0, 0.05) is 12.6 Å². The van der Waals surface area contributed by atoms with Crippen LogP contribution in [-0.2, 0) is 4.74 Å².